The monoisotopic (exact) mass is 313 g/mol. The van der Waals surface area contributed by atoms with Crippen LogP contribution in [-0.2, 0) is 4.74 Å². The first-order valence-corrected chi connectivity index (χ1v) is 9.30. The van der Waals surface area contributed by atoms with Crippen LogP contribution in [0.1, 0.15) is 41.6 Å². The minimum Gasteiger partial charge on any atom is -0.375 e. The van der Waals surface area contributed by atoms with Gasteiger partial charge in [0.1, 0.15) is 0 Å². The van der Waals surface area contributed by atoms with Crippen molar-refractivity contribution in [3.05, 3.63) is 16.1 Å². The SMILES string of the molecule is Cc1ncc(C(NN)C2CCOC3(CCSCC3)C2)s1. The van der Waals surface area contributed by atoms with Crippen molar-refractivity contribution in [1.82, 2.24) is 10.4 Å². The van der Waals surface area contributed by atoms with Crippen molar-refractivity contribution in [3.8, 4) is 0 Å². The van der Waals surface area contributed by atoms with E-state index in [1.54, 1.807) is 11.3 Å². The Labute approximate surface area is 128 Å². The number of hydrogen-bond acceptors (Lipinski definition) is 6. The maximum atomic E-state index is 6.18. The molecule has 2 aliphatic heterocycles. The lowest BCUT2D eigenvalue weighted by Crippen LogP contribution is -2.46. The van der Waals surface area contributed by atoms with Crippen molar-refractivity contribution < 1.29 is 4.74 Å². The number of hydrogen-bond donors (Lipinski definition) is 2. The van der Waals surface area contributed by atoms with Gasteiger partial charge in [0.25, 0.3) is 0 Å². The second-order valence-corrected chi connectivity index (χ2v) is 8.31. The molecule has 2 aliphatic rings. The summed E-state index contributed by atoms with van der Waals surface area (Å²) in [5.74, 6) is 8.86. The van der Waals surface area contributed by atoms with E-state index in [0.29, 0.717) is 5.92 Å². The summed E-state index contributed by atoms with van der Waals surface area (Å²) in [6.45, 7) is 2.91. The zero-order chi connectivity index (χ0) is 14.0. The molecule has 2 unspecified atom stereocenters. The number of rotatable bonds is 3. The molecule has 1 spiro atoms. The van der Waals surface area contributed by atoms with Crippen molar-refractivity contribution >= 4 is 23.1 Å². The molecule has 1 aromatic heterocycles. The molecule has 3 rings (SSSR count). The smallest absolute Gasteiger partial charge is 0.0897 e. The molecule has 0 aromatic carbocycles. The molecule has 20 heavy (non-hydrogen) atoms. The molecule has 4 nitrogen and oxygen atoms in total. The van der Waals surface area contributed by atoms with E-state index in [-0.39, 0.29) is 11.6 Å². The van der Waals surface area contributed by atoms with Crippen LogP contribution in [-0.4, -0.2) is 28.7 Å². The Balaban J connectivity index is 1.74. The predicted octanol–water partition coefficient (Wildman–Crippen LogP) is 2.65. The Morgan fingerprint density at radius 1 is 1.50 bits per heavy atom. The van der Waals surface area contributed by atoms with Crippen LogP contribution < -0.4 is 11.3 Å². The molecule has 112 valence electrons. The largest absolute Gasteiger partial charge is 0.375 e. The first-order valence-electron chi connectivity index (χ1n) is 7.33. The van der Waals surface area contributed by atoms with E-state index in [2.05, 4.69) is 10.4 Å². The van der Waals surface area contributed by atoms with E-state index >= 15 is 0 Å². The quantitative estimate of drug-likeness (QED) is 0.663. The summed E-state index contributed by atoms with van der Waals surface area (Å²) < 4.78 is 6.18. The third kappa shape index (κ3) is 3.04. The van der Waals surface area contributed by atoms with Crippen LogP contribution in [0.3, 0.4) is 0 Å². The minimum absolute atomic E-state index is 0.114. The predicted molar refractivity (Wildman–Crippen MR) is 84.9 cm³/mol. The highest BCUT2D eigenvalue weighted by atomic mass is 32.2. The molecule has 2 fully saturated rings. The normalized spacial score (nSPS) is 27.6. The third-order valence-corrected chi connectivity index (χ3v) is 6.51. The van der Waals surface area contributed by atoms with E-state index in [4.69, 9.17) is 10.6 Å². The Hall–Kier alpha value is -0.140. The minimum atomic E-state index is 0.114. The summed E-state index contributed by atoms with van der Waals surface area (Å²) in [6, 6.07) is 0.219. The number of aromatic nitrogens is 1. The molecule has 3 heterocycles. The lowest BCUT2D eigenvalue weighted by Gasteiger charge is -2.45. The molecule has 0 amide bonds. The fourth-order valence-electron chi connectivity index (χ4n) is 3.41. The van der Waals surface area contributed by atoms with E-state index < -0.39 is 0 Å². The van der Waals surface area contributed by atoms with Crippen LogP contribution >= 0.6 is 23.1 Å². The van der Waals surface area contributed by atoms with Crippen molar-refractivity contribution in [2.24, 2.45) is 11.8 Å². The summed E-state index contributed by atoms with van der Waals surface area (Å²) in [4.78, 5) is 5.63. The Kier molecular flexibility index (Phi) is 4.67. The van der Waals surface area contributed by atoms with E-state index in [9.17, 15) is 0 Å². The van der Waals surface area contributed by atoms with E-state index in [1.807, 2.05) is 24.9 Å². The molecule has 2 atom stereocenters. The maximum Gasteiger partial charge on any atom is 0.0897 e. The van der Waals surface area contributed by atoms with Crippen molar-refractivity contribution in [2.45, 2.75) is 44.2 Å². The van der Waals surface area contributed by atoms with Gasteiger partial charge in [0, 0.05) is 17.7 Å². The van der Waals surface area contributed by atoms with Gasteiger partial charge in [-0.2, -0.15) is 11.8 Å². The van der Waals surface area contributed by atoms with Crippen LogP contribution in [0.5, 0.6) is 0 Å². The number of thiazole rings is 1. The highest BCUT2D eigenvalue weighted by molar-refractivity contribution is 7.99. The number of nitrogens with one attached hydrogen (secondary N) is 1. The number of hydrazine groups is 1. The summed E-state index contributed by atoms with van der Waals surface area (Å²) in [5, 5.41) is 1.11. The van der Waals surface area contributed by atoms with Gasteiger partial charge in [-0.1, -0.05) is 0 Å². The van der Waals surface area contributed by atoms with Gasteiger partial charge in [0.15, 0.2) is 0 Å². The molecule has 2 saturated heterocycles. The molecule has 0 saturated carbocycles. The summed E-state index contributed by atoms with van der Waals surface area (Å²) in [5.41, 5.74) is 3.15. The summed E-state index contributed by atoms with van der Waals surface area (Å²) in [7, 11) is 0. The topological polar surface area (TPSA) is 60.2 Å². The van der Waals surface area contributed by atoms with Gasteiger partial charge in [-0.3, -0.25) is 11.3 Å². The molecule has 0 bridgehead atoms. The van der Waals surface area contributed by atoms with Crippen LogP contribution in [0.2, 0.25) is 0 Å². The van der Waals surface area contributed by atoms with Gasteiger partial charge in [-0.25, -0.2) is 4.98 Å². The first-order chi connectivity index (χ1) is 9.72. The van der Waals surface area contributed by atoms with Crippen LogP contribution in [0.15, 0.2) is 6.20 Å². The van der Waals surface area contributed by atoms with Crippen LogP contribution in [0, 0.1) is 12.8 Å². The van der Waals surface area contributed by atoms with Gasteiger partial charge < -0.3 is 4.74 Å². The fraction of sp³-hybridized carbons (Fsp3) is 0.786. The Morgan fingerprint density at radius 2 is 2.30 bits per heavy atom. The van der Waals surface area contributed by atoms with Gasteiger partial charge in [0.05, 0.1) is 16.7 Å². The molecule has 1 aromatic rings. The average molecular weight is 313 g/mol. The highest BCUT2D eigenvalue weighted by Crippen LogP contribution is 2.43. The standard InChI is InChI=1S/C14H23N3OS2/c1-10-16-9-12(20-10)13(17-15)11-2-5-18-14(8-11)3-6-19-7-4-14/h9,11,13,17H,2-8,15H2,1H3. The molecule has 0 aliphatic carbocycles. The molecule has 0 radical (unpaired) electrons. The van der Waals surface area contributed by atoms with Crippen molar-refractivity contribution in [2.75, 3.05) is 18.1 Å². The van der Waals surface area contributed by atoms with E-state index in [1.165, 1.54) is 29.2 Å². The van der Waals surface area contributed by atoms with Crippen molar-refractivity contribution in [1.29, 1.82) is 0 Å². The summed E-state index contributed by atoms with van der Waals surface area (Å²) in [6.07, 6.45) is 6.56. The average Bonchev–Trinajstić information content (AvgIpc) is 2.87. The zero-order valence-electron chi connectivity index (χ0n) is 11.9. The second-order valence-electron chi connectivity index (χ2n) is 5.82. The summed E-state index contributed by atoms with van der Waals surface area (Å²) >= 11 is 3.80. The Bertz CT molecular complexity index is 440. The molecule has 6 heteroatoms. The number of ether oxygens (including phenoxy) is 1. The Morgan fingerprint density at radius 3 is 2.95 bits per heavy atom. The zero-order valence-corrected chi connectivity index (χ0v) is 13.6. The number of aryl methyl sites for hydroxylation is 1. The number of nitrogens with zero attached hydrogens (tertiary/aromatic N) is 1. The van der Waals surface area contributed by atoms with Gasteiger partial charge in [0.2, 0.25) is 0 Å². The molecular weight excluding hydrogens is 290 g/mol. The lowest BCUT2D eigenvalue weighted by molar-refractivity contribution is -0.107. The third-order valence-electron chi connectivity index (χ3n) is 4.53. The highest BCUT2D eigenvalue weighted by Gasteiger charge is 2.41. The van der Waals surface area contributed by atoms with E-state index in [0.717, 1.165) is 24.5 Å². The number of thioether (sulfide) groups is 1. The van der Waals surface area contributed by atoms with Gasteiger partial charge >= 0.3 is 0 Å². The maximum absolute atomic E-state index is 6.18. The van der Waals surface area contributed by atoms with Crippen LogP contribution in [0.4, 0.5) is 0 Å². The van der Waals surface area contributed by atoms with Gasteiger partial charge in [-0.15, -0.1) is 11.3 Å². The van der Waals surface area contributed by atoms with Crippen LogP contribution in [0.25, 0.3) is 0 Å². The molecular formula is C14H23N3OS2. The van der Waals surface area contributed by atoms with Crippen molar-refractivity contribution in [3.63, 3.8) is 0 Å². The second kappa shape index (κ2) is 6.32. The van der Waals surface area contributed by atoms with Gasteiger partial charge in [-0.05, 0) is 50.0 Å². The molecule has 3 N–H and O–H groups in total. The lowest BCUT2D eigenvalue weighted by atomic mass is 9.78. The number of nitrogens with two attached hydrogens (primary N) is 1. The fourth-order valence-corrected chi connectivity index (χ4v) is 5.59. The first kappa shape index (κ1) is 14.8.